The SMILES string of the molecule is COc1c(Nc2cc(CC(=O)C3CC3)nc3c2nc(C(F)(F)F)n3C2CCCCO2)cccc1-c1nnn(C)n1. The number of halogens is 3. The monoisotopic (exact) mass is 556 g/mol. The number of imidazole rings is 1. The van der Waals surface area contributed by atoms with E-state index in [4.69, 9.17) is 9.47 Å². The molecule has 11 nitrogen and oxygen atoms in total. The van der Waals surface area contributed by atoms with Crippen LogP contribution in [0.2, 0.25) is 0 Å². The largest absolute Gasteiger partial charge is 0.494 e. The van der Waals surface area contributed by atoms with E-state index in [0.29, 0.717) is 48.0 Å². The zero-order valence-corrected chi connectivity index (χ0v) is 21.9. The first-order valence-corrected chi connectivity index (χ1v) is 13.0. The second-order valence-electron chi connectivity index (χ2n) is 9.99. The molecule has 2 fully saturated rings. The van der Waals surface area contributed by atoms with Crippen LogP contribution in [-0.4, -0.2) is 54.2 Å². The lowest BCUT2D eigenvalue weighted by atomic mass is 10.1. The number of nitrogens with zero attached hydrogens (tertiary/aromatic N) is 7. The third kappa shape index (κ3) is 4.98. The summed E-state index contributed by atoms with van der Waals surface area (Å²) < 4.78 is 55.4. The van der Waals surface area contributed by atoms with Crippen molar-refractivity contribution in [1.82, 2.24) is 34.7 Å². The van der Waals surface area contributed by atoms with Crippen LogP contribution in [0.4, 0.5) is 24.5 Å². The van der Waals surface area contributed by atoms with Gasteiger partial charge in [-0.2, -0.15) is 18.0 Å². The lowest BCUT2D eigenvalue weighted by Gasteiger charge is -2.26. The number of anilines is 2. The number of rotatable bonds is 8. The molecule has 1 aliphatic carbocycles. The molecule has 0 amide bonds. The highest BCUT2D eigenvalue weighted by Crippen LogP contribution is 2.41. The molecule has 210 valence electrons. The highest BCUT2D eigenvalue weighted by Gasteiger charge is 2.41. The summed E-state index contributed by atoms with van der Waals surface area (Å²) in [6.45, 7) is 0.340. The molecule has 1 aromatic carbocycles. The summed E-state index contributed by atoms with van der Waals surface area (Å²) in [5.74, 6) is -0.427. The molecule has 1 saturated heterocycles. The van der Waals surface area contributed by atoms with Crippen LogP contribution in [-0.2, 0) is 29.2 Å². The van der Waals surface area contributed by atoms with Gasteiger partial charge in [0.15, 0.2) is 11.4 Å². The third-order valence-electron chi connectivity index (χ3n) is 7.02. The minimum absolute atomic E-state index is 0.00790. The van der Waals surface area contributed by atoms with Crippen LogP contribution < -0.4 is 10.1 Å². The fraction of sp³-hybridized carbons (Fsp3) is 0.462. The van der Waals surface area contributed by atoms with Crippen LogP contribution in [0.1, 0.15) is 49.9 Å². The number of ether oxygens (including phenoxy) is 2. The van der Waals surface area contributed by atoms with Crippen LogP contribution in [0.15, 0.2) is 24.3 Å². The molecule has 0 bridgehead atoms. The Morgan fingerprint density at radius 3 is 2.65 bits per heavy atom. The van der Waals surface area contributed by atoms with Crippen molar-refractivity contribution in [3.8, 4) is 17.1 Å². The molecule has 1 saturated carbocycles. The molecule has 1 atom stereocenters. The highest BCUT2D eigenvalue weighted by molar-refractivity contribution is 5.92. The Kier molecular flexibility index (Phi) is 6.64. The zero-order chi connectivity index (χ0) is 28.0. The number of Topliss-reactive ketones (excluding diaryl/α,β-unsaturated/α-hetero) is 1. The number of methoxy groups -OCH3 is 1. The number of benzene rings is 1. The molecule has 2 aliphatic rings. The van der Waals surface area contributed by atoms with E-state index in [0.717, 1.165) is 23.8 Å². The van der Waals surface area contributed by atoms with Crippen molar-refractivity contribution in [2.24, 2.45) is 13.0 Å². The number of alkyl halides is 3. The van der Waals surface area contributed by atoms with E-state index in [9.17, 15) is 18.0 Å². The second kappa shape index (κ2) is 10.2. The van der Waals surface area contributed by atoms with Gasteiger partial charge in [-0.25, -0.2) is 9.97 Å². The summed E-state index contributed by atoms with van der Waals surface area (Å²) in [7, 11) is 3.10. The smallest absolute Gasteiger partial charge is 0.449 e. The van der Waals surface area contributed by atoms with Gasteiger partial charge in [0, 0.05) is 18.9 Å². The average molecular weight is 557 g/mol. The average Bonchev–Trinajstić information content (AvgIpc) is 3.58. The normalized spacial score (nSPS) is 17.8. The summed E-state index contributed by atoms with van der Waals surface area (Å²) >= 11 is 0. The topological polar surface area (TPSA) is 122 Å². The fourth-order valence-electron chi connectivity index (χ4n) is 5.00. The Morgan fingerprint density at radius 1 is 1.18 bits per heavy atom. The summed E-state index contributed by atoms with van der Waals surface area (Å²) in [4.78, 5) is 22.6. The Hall–Kier alpha value is -4.07. The number of tetrazole rings is 1. The van der Waals surface area contributed by atoms with Crippen LogP contribution >= 0.6 is 0 Å². The van der Waals surface area contributed by atoms with Crippen LogP contribution in [0, 0.1) is 5.92 Å². The number of nitrogens with one attached hydrogen (secondary N) is 1. The molecule has 6 rings (SSSR count). The number of carbonyl (C=O) groups excluding carboxylic acids is 1. The molecule has 3 aromatic heterocycles. The molecule has 1 unspecified atom stereocenters. The van der Waals surface area contributed by atoms with E-state index in [2.05, 4.69) is 30.7 Å². The van der Waals surface area contributed by atoms with Gasteiger partial charge in [0.05, 0.1) is 36.8 Å². The molecule has 4 heterocycles. The van der Waals surface area contributed by atoms with Gasteiger partial charge in [0.2, 0.25) is 11.6 Å². The van der Waals surface area contributed by atoms with Crippen molar-refractivity contribution >= 4 is 28.3 Å². The lowest BCUT2D eigenvalue weighted by Crippen LogP contribution is -2.24. The maximum Gasteiger partial charge on any atom is 0.449 e. The predicted octanol–water partition coefficient (Wildman–Crippen LogP) is 4.61. The van der Waals surface area contributed by atoms with E-state index >= 15 is 0 Å². The van der Waals surface area contributed by atoms with Gasteiger partial charge in [-0.3, -0.25) is 9.36 Å². The summed E-state index contributed by atoms with van der Waals surface area (Å²) in [5, 5.41) is 15.3. The van der Waals surface area contributed by atoms with Crippen molar-refractivity contribution < 1.29 is 27.4 Å². The summed E-state index contributed by atoms with van der Waals surface area (Å²) in [5.41, 5.74) is 1.60. The van der Waals surface area contributed by atoms with Crippen LogP contribution in [0.3, 0.4) is 0 Å². The molecule has 0 spiro atoms. The van der Waals surface area contributed by atoms with Gasteiger partial charge in [-0.15, -0.1) is 10.2 Å². The number of aromatic nitrogens is 7. The maximum absolute atomic E-state index is 14.3. The van der Waals surface area contributed by atoms with E-state index in [1.54, 1.807) is 31.3 Å². The van der Waals surface area contributed by atoms with Gasteiger partial charge < -0.3 is 14.8 Å². The number of hydrogen-bond acceptors (Lipinski definition) is 9. The standard InChI is InChI=1S/C26H27F3N8O3/c1-36-34-23(33-35-36)16-6-5-7-17(22(16)39-2)31-18-12-15(13-19(38)14-9-10-14)30-24-21(18)32-25(26(27,28)29)37(24)20-8-3-4-11-40-20/h5-7,12,14,20H,3-4,8-11,13H2,1-2H3,(H,30,31). The first kappa shape index (κ1) is 26.2. The Bertz CT molecular complexity index is 1570. The van der Waals surface area contributed by atoms with Crippen LogP contribution in [0.25, 0.3) is 22.6 Å². The summed E-state index contributed by atoms with van der Waals surface area (Å²) in [6.07, 6.45) is -2.10. The Balaban J connectivity index is 1.51. The molecule has 1 aliphatic heterocycles. The number of fused-ring (bicyclic) bond motifs is 1. The van der Waals surface area contributed by atoms with E-state index in [1.807, 2.05) is 0 Å². The molecule has 1 N–H and O–H groups in total. The number of hydrogen-bond donors (Lipinski definition) is 1. The number of aryl methyl sites for hydroxylation is 1. The second-order valence-corrected chi connectivity index (χ2v) is 9.99. The molecule has 0 radical (unpaired) electrons. The van der Waals surface area contributed by atoms with Crippen molar-refractivity contribution in [3.63, 3.8) is 0 Å². The number of para-hydroxylation sites is 1. The van der Waals surface area contributed by atoms with Gasteiger partial charge in [-0.1, -0.05) is 6.07 Å². The Labute approximate surface area is 226 Å². The van der Waals surface area contributed by atoms with E-state index in [-0.39, 0.29) is 35.0 Å². The predicted molar refractivity (Wildman–Crippen MR) is 137 cm³/mol. The number of carbonyl (C=O) groups is 1. The van der Waals surface area contributed by atoms with Gasteiger partial charge in [0.25, 0.3) is 0 Å². The van der Waals surface area contributed by atoms with Crippen molar-refractivity contribution in [1.29, 1.82) is 0 Å². The quantitative estimate of drug-likeness (QED) is 0.331. The highest BCUT2D eigenvalue weighted by atomic mass is 19.4. The fourth-order valence-corrected chi connectivity index (χ4v) is 5.00. The number of pyridine rings is 1. The summed E-state index contributed by atoms with van der Waals surface area (Å²) in [6, 6.07) is 6.78. The van der Waals surface area contributed by atoms with E-state index in [1.165, 1.54) is 11.9 Å². The van der Waals surface area contributed by atoms with Gasteiger partial charge in [-0.05, 0) is 55.5 Å². The molecule has 4 aromatic rings. The van der Waals surface area contributed by atoms with E-state index < -0.39 is 18.2 Å². The minimum Gasteiger partial charge on any atom is -0.494 e. The number of ketones is 1. The van der Waals surface area contributed by atoms with Gasteiger partial charge in [0.1, 0.15) is 17.5 Å². The zero-order valence-electron chi connectivity index (χ0n) is 21.9. The molecular weight excluding hydrogens is 529 g/mol. The van der Waals surface area contributed by atoms with Crippen molar-refractivity contribution in [2.75, 3.05) is 19.0 Å². The molecular formula is C26H27F3N8O3. The first-order valence-electron chi connectivity index (χ1n) is 13.0. The van der Waals surface area contributed by atoms with Crippen molar-refractivity contribution in [2.45, 2.75) is 50.9 Å². The van der Waals surface area contributed by atoms with Gasteiger partial charge >= 0.3 is 6.18 Å². The lowest BCUT2D eigenvalue weighted by molar-refractivity contribution is -0.153. The third-order valence-corrected chi connectivity index (χ3v) is 7.02. The van der Waals surface area contributed by atoms with Crippen LogP contribution in [0.5, 0.6) is 5.75 Å². The van der Waals surface area contributed by atoms with Crippen molar-refractivity contribution in [3.05, 3.63) is 35.8 Å². The molecule has 14 heteroatoms. The minimum atomic E-state index is -4.75. The maximum atomic E-state index is 14.3. The first-order chi connectivity index (χ1) is 19.2. The molecule has 40 heavy (non-hydrogen) atoms. The Morgan fingerprint density at radius 2 is 2.00 bits per heavy atom.